The van der Waals surface area contributed by atoms with E-state index in [1.54, 1.807) is 12.1 Å². The maximum atomic E-state index is 12.1. The molecule has 0 spiro atoms. The SMILES string of the molecule is CC(C)C[C@@H]1NC(=O)N(c2ccccc2)C1=O. The highest BCUT2D eigenvalue weighted by atomic mass is 16.2. The second kappa shape index (κ2) is 4.57. The molecule has 1 aromatic rings. The summed E-state index contributed by atoms with van der Waals surface area (Å²) in [5.41, 5.74) is 0.626. The van der Waals surface area contributed by atoms with E-state index in [0.717, 1.165) is 0 Å². The molecular formula is C13H16N2O2. The Hall–Kier alpha value is -1.84. The molecule has 1 aliphatic rings. The fourth-order valence-corrected chi connectivity index (χ4v) is 1.98. The molecule has 1 fully saturated rings. The standard InChI is InChI=1S/C13H16N2O2/c1-9(2)8-11-12(16)15(13(17)14-11)10-6-4-3-5-7-10/h3-7,9,11H,8H2,1-2H3,(H,14,17)/t11-/m0/s1. The molecule has 1 heterocycles. The number of benzene rings is 1. The lowest BCUT2D eigenvalue weighted by molar-refractivity contribution is -0.118. The van der Waals surface area contributed by atoms with Crippen molar-refractivity contribution in [3.05, 3.63) is 30.3 Å². The van der Waals surface area contributed by atoms with Crippen LogP contribution in [0.4, 0.5) is 10.5 Å². The lowest BCUT2D eigenvalue weighted by atomic mass is 10.0. The molecule has 17 heavy (non-hydrogen) atoms. The number of nitrogens with one attached hydrogen (secondary N) is 1. The Labute approximate surface area is 101 Å². The van der Waals surface area contributed by atoms with Crippen molar-refractivity contribution in [2.24, 2.45) is 5.92 Å². The number of urea groups is 1. The van der Waals surface area contributed by atoms with Crippen LogP contribution in [-0.4, -0.2) is 18.0 Å². The first kappa shape index (κ1) is 11.6. The summed E-state index contributed by atoms with van der Waals surface area (Å²) in [6.07, 6.45) is 0.675. The van der Waals surface area contributed by atoms with Gasteiger partial charge in [0.15, 0.2) is 0 Å². The van der Waals surface area contributed by atoms with Crippen LogP contribution in [0.2, 0.25) is 0 Å². The van der Waals surface area contributed by atoms with Crippen molar-refractivity contribution in [3.63, 3.8) is 0 Å². The number of carbonyl (C=O) groups excluding carboxylic acids is 2. The fourth-order valence-electron chi connectivity index (χ4n) is 1.98. The lowest BCUT2D eigenvalue weighted by Crippen LogP contribution is -2.31. The summed E-state index contributed by atoms with van der Waals surface area (Å²) in [4.78, 5) is 25.1. The van der Waals surface area contributed by atoms with Gasteiger partial charge in [-0.25, -0.2) is 9.69 Å². The van der Waals surface area contributed by atoms with Crippen molar-refractivity contribution in [2.75, 3.05) is 4.90 Å². The first-order chi connectivity index (χ1) is 8.09. The molecule has 90 valence electrons. The zero-order valence-corrected chi connectivity index (χ0v) is 10.0. The minimum absolute atomic E-state index is 0.157. The topological polar surface area (TPSA) is 49.4 Å². The van der Waals surface area contributed by atoms with Crippen LogP contribution < -0.4 is 10.2 Å². The highest BCUT2D eigenvalue weighted by Gasteiger charge is 2.38. The van der Waals surface area contributed by atoms with E-state index in [1.807, 2.05) is 32.0 Å². The molecule has 1 atom stereocenters. The van der Waals surface area contributed by atoms with Crippen molar-refractivity contribution in [2.45, 2.75) is 26.3 Å². The molecule has 1 aromatic carbocycles. The first-order valence-electron chi connectivity index (χ1n) is 5.79. The number of amides is 3. The normalized spacial score (nSPS) is 19.9. The van der Waals surface area contributed by atoms with Gasteiger partial charge in [0.25, 0.3) is 5.91 Å². The van der Waals surface area contributed by atoms with E-state index in [4.69, 9.17) is 0 Å². The average molecular weight is 232 g/mol. The minimum Gasteiger partial charge on any atom is -0.325 e. The number of hydrogen-bond donors (Lipinski definition) is 1. The average Bonchev–Trinajstić information content (AvgIpc) is 2.54. The van der Waals surface area contributed by atoms with E-state index < -0.39 is 0 Å². The zero-order chi connectivity index (χ0) is 12.4. The molecule has 4 nitrogen and oxygen atoms in total. The molecule has 0 aromatic heterocycles. The van der Waals surface area contributed by atoms with Gasteiger partial charge in [-0.3, -0.25) is 4.79 Å². The predicted molar refractivity (Wildman–Crippen MR) is 65.7 cm³/mol. The molecule has 1 saturated heterocycles. The second-order valence-electron chi connectivity index (χ2n) is 4.64. The van der Waals surface area contributed by atoms with E-state index in [2.05, 4.69) is 5.32 Å². The number of para-hydroxylation sites is 1. The molecule has 1 aliphatic heterocycles. The summed E-state index contributed by atoms with van der Waals surface area (Å²) < 4.78 is 0. The van der Waals surface area contributed by atoms with Crippen LogP contribution in [0, 0.1) is 5.92 Å². The highest BCUT2D eigenvalue weighted by molar-refractivity contribution is 6.21. The Balaban J connectivity index is 2.20. The Bertz CT molecular complexity index is 428. The highest BCUT2D eigenvalue weighted by Crippen LogP contribution is 2.21. The molecule has 0 unspecified atom stereocenters. The zero-order valence-electron chi connectivity index (χ0n) is 10.0. The number of hydrogen-bond acceptors (Lipinski definition) is 2. The van der Waals surface area contributed by atoms with E-state index >= 15 is 0 Å². The molecule has 0 radical (unpaired) electrons. The quantitative estimate of drug-likeness (QED) is 0.812. The van der Waals surface area contributed by atoms with Gasteiger partial charge in [-0.05, 0) is 24.5 Å². The Morgan fingerprint density at radius 3 is 2.47 bits per heavy atom. The van der Waals surface area contributed by atoms with Crippen LogP contribution in [-0.2, 0) is 4.79 Å². The third-order valence-corrected chi connectivity index (χ3v) is 2.74. The molecule has 1 N–H and O–H groups in total. The van der Waals surface area contributed by atoms with Gasteiger partial charge in [-0.15, -0.1) is 0 Å². The van der Waals surface area contributed by atoms with E-state index in [-0.39, 0.29) is 18.0 Å². The molecule has 3 amide bonds. The minimum atomic E-state index is -0.386. The lowest BCUT2D eigenvalue weighted by Gasteiger charge is -2.13. The van der Waals surface area contributed by atoms with Crippen molar-refractivity contribution in [3.8, 4) is 0 Å². The Morgan fingerprint density at radius 2 is 1.88 bits per heavy atom. The van der Waals surface area contributed by atoms with Crippen molar-refractivity contribution in [1.82, 2.24) is 5.32 Å². The number of anilines is 1. The van der Waals surface area contributed by atoms with Gasteiger partial charge in [-0.2, -0.15) is 0 Å². The van der Waals surface area contributed by atoms with Gasteiger partial charge in [0, 0.05) is 0 Å². The molecule has 0 bridgehead atoms. The van der Waals surface area contributed by atoms with Crippen molar-refractivity contribution in [1.29, 1.82) is 0 Å². The summed E-state index contributed by atoms with van der Waals surface area (Å²) in [7, 11) is 0. The molecule has 0 aliphatic carbocycles. The Morgan fingerprint density at radius 1 is 1.24 bits per heavy atom. The van der Waals surface area contributed by atoms with Gasteiger partial charge in [-0.1, -0.05) is 32.0 Å². The summed E-state index contributed by atoms with van der Waals surface area (Å²) in [6.45, 7) is 4.06. The van der Waals surface area contributed by atoms with Gasteiger partial charge >= 0.3 is 6.03 Å². The largest absolute Gasteiger partial charge is 0.329 e. The number of imide groups is 1. The van der Waals surface area contributed by atoms with Crippen LogP contribution in [0.25, 0.3) is 0 Å². The summed E-state index contributed by atoms with van der Waals surface area (Å²) in [5.74, 6) is 0.217. The molecular weight excluding hydrogens is 216 g/mol. The molecule has 0 saturated carbocycles. The van der Waals surface area contributed by atoms with Gasteiger partial charge in [0.1, 0.15) is 6.04 Å². The van der Waals surface area contributed by atoms with E-state index in [9.17, 15) is 9.59 Å². The first-order valence-corrected chi connectivity index (χ1v) is 5.79. The summed E-state index contributed by atoms with van der Waals surface area (Å²) in [5, 5.41) is 2.72. The van der Waals surface area contributed by atoms with Crippen LogP contribution in [0.15, 0.2) is 30.3 Å². The van der Waals surface area contributed by atoms with Crippen LogP contribution in [0.3, 0.4) is 0 Å². The van der Waals surface area contributed by atoms with Crippen LogP contribution >= 0.6 is 0 Å². The van der Waals surface area contributed by atoms with E-state index in [0.29, 0.717) is 18.0 Å². The van der Waals surface area contributed by atoms with Gasteiger partial charge in [0.2, 0.25) is 0 Å². The molecule has 4 heteroatoms. The monoisotopic (exact) mass is 232 g/mol. The third-order valence-electron chi connectivity index (χ3n) is 2.74. The third kappa shape index (κ3) is 2.30. The second-order valence-corrected chi connectivity index (χ2v) is 4.64. The van der Waals surface area contributed by atoms with Crippen molar-refractivity contribution >= 4 is 17.6 Å². The predicted octanol–water partition coefficient (Wildman–Crippen LogP) is 2.16. The number of carbonyl (C=O) groups is 2. The number of nitrogens with zero attached hydrogens (tertiary/aromatic N) is 1. The maximum Gasteiger partial charge on any atom is 0.329 e. The smallest absolute Gasteiger partial charge is 0.325 e. The Kier molecular flexibility index (Phi) is 3.13. The van der Waals surface area contributed by atoms with Gasteiger partial charge in [0.05, 0.1) is 5.69 Å². The van der Waals surface area contributed by atoms with Crippen molar-refractivity contribution < 1.29 is 9.59 Å². The van der Waals surface area contributed by atoms with E-state index in [1.165, 1.54) is 4.90 Å². The molecule has 2 rings (SSSR count). The summed E-state index contributed by atoms with van der Waals surface area (Å²) >= 11 is 0. The maximum absolute atomic E-state index is 12.1. The van der Waals surface area contributed by atoms with Crippen LogP contribution in [0.5, 0.6) is 0 Å². The number of rotatable bonds is 3. The summed E-state index contributed by atoms with van der Waals surface area (Å²) in [6, 6.07) is 8.28. The fraction of sp³-hybridized carbons (Fsp3) is 0.385. The van der Waals surface area contributed by atoms with Gasteiger partial charge < -0.3 is 5.32 Å². The van der Waals surface area contributed by atoms with Crippen LogP contribution in [0.1, 0.15) is 20.3 Å².